The first-order valence-corrected chi connectivity index (χ1v) is 8.14. The van der Waals surface area contributed by atoms with Gasteiger partial charge in [0.2, 0.25) is 0 Å². The number of hydrogen-bond donors (Lipinski definition) is 0. The van der Waals surface area contributed by atoms with Gasteiger partial charge in [0, 0.05) is 21.7 Å². The van der Waals surface area contributed by atoms with Gasteiger partial charge in [-0.05, 0) is 31.9 Å². The molecule has 0 aliphatic carbocycles. The first-order valence-electron chi connectivity index (χ1n) is 5.74. The molecule has 0 bridgehead atoms. The molecule has 0 aliphatic rings. The van der Waals surface area contributed by atoms with Crippen molar-refractivity contribution in [3.05, 3.63) is 39.6 Å². The molecule has 0 saturated carbocycles. The van der Waals surface area contributed by atoms with E-state index in [4.69, 9.17) is 11.6 Å². The summed E-state index contributed by atoms with van der Waals surface area (Å²) in [5.41, 5.74) is 5.26. The summed E-state index contributed by atoms with van der Waals surface area (Å²) in [5, 5.41) is 0. The lowest BCUT2D eigenvalue weighted by Crippen LogP contribution is -1.94. The number of halogens is 2. The van der Waals surface area contributed by atoms with Gasteiger partial charge in [-0.2, -0.15) is 0 Å². The number of thiazole rings is 1. The summed E-state index contributed by atoms with van der Waals surface area (Å²) in [7, 11) is 0. The standard InChI is InChI=1S/C13H15ClN2S2.ClH/c1-9-11(7-14)15-5-3-12(9)17-6-4-13-10(2)16-8-18-13;/h3,5,8H,4,6-7H2,1-2H3;1H. The Labute approximate surface area is 133 Å². The summed E-state index contributed by atoms with van der Waals surface area (Å²) in [6.45, 7) is 4.16. The van der Waals surface area contributed by atoms with Crippen molar-refractivity contribution >= 4 is 47.1 Å². The Hall–Kier alpha value is -0.290. The molecule has 0 saturated heterocycles. The van der Waals surface area contributed by atoms with Crippen LogP contribution in [0.2, 0.25) is 0 Å². The predicted molar refractivity (Wildman–Crippen MR) is 87.1 cm³/mol. The van der Waals surface area contributed by atoms with E-state index in [1.807, 2.05) is 23.5 Å². The largest absolute Gasteiger partial charge is 0.260 e. The Bertz CT molecular complexity index is 529. The maximum atomic E-state index is 5.86. The Kier molecular flexibility index (Phi) is 7.15. The van der Waals surface area contributed by atoms with Gasteiger partial charge in [0.1, 0.15) is 0 Å². The fraction of sp³-hybridized carbons (Fsp3) is 0.385. The zero-order chi connectivity index (χ0) is 13.0. The van der Waals surface area contributed by atoms with E-state index in [1.165, 1.54) is 15.3 Å². The summed E-state index contributed by atoms with van der Waals surface area (Å²) < 4.78 is 0. The molecule has 2 aromatic heterocycles. The highest BCUT2D eigenvalue weighted by atomic mass is 35.5. The third kappa shape index (κ3) is 4.35. The zero-order valence-electron chi connectivity index (χ0n) is 10.9. The normalized spacial score (nSPS) is 10.3. The van der Waals surface area contributed by atoms with E-state index in [-0.39, 0.29) is 12.4 Å². The molecule has 0 atom stereocenters. The van der Waals surface area contributed by atoms with Gasteiger partial charge in [0.25, 0.3) is 0 Å². The Morgan fingerprint density at radius 2 is 2.11 bits per heavy atom. The fourth-order valence-electron chi connectivity index (χ4n) is 1.67. The molecule has 0 unspecified atom stereocenters. The van der Waals surface area contributed by atoms with Crippen molar-refractivity contribution in [3.8, 4) is 0 Å². The zero-order valence-corrected chi connectivity index (χ0v) is 14.1. The molecular weight excluding hydrogens is 319 g/mol. The Morgan fingerprint density at radius 3 is 2.74 bits per heavy atom. The number of hydrogen-bond acceptors (Lipinski definition) is 4. The van der Waals surface area contributed by atoms with Gasteiger partial charge in [0.15, 0.2) is 0 Å². The van der Waals surface area contributed by atoms with Crippen molar-refractivity contribution in [1.82, 2.24) is 9.97 Å². The van der Waals surface area contributed by atoms with Crippen molar-refractivity contribution in [2.24, 2.45) is 0 Å². The van der Waals surface area contributed by atoms with E-state index in [2.05, 4.69) is 29.9 Å². The van der Waals surface area contributed by atoms with E-state index in [1.54, 1.807) is 11.3 Å². The second kappa shape index (κ2) is 8.10. The lowest BCUT2D eigenvalue weighted by molar-refractivity contribution is 1.07. The van der Waals surface area contributed by atoms with E-state index in [0.717, 1.165) is 23.6 Å². The van der Waals surface area contributed by atoms with Gasteiger partial charge >= 0.3 is 0 Å². The van der Waals surface area contributed by atoms with Crippen LogP contribution in [0.4, 0.5) is 0 Å². The first-order chi connectivity index (χ1) is 8.72. The number of alkyl halides is 1. The smallest absolute Gasteiger partial charge is 0.0797 e. The minimum Gasteiger partial charge on any atom is -0.260 e. The predicted octanol–water partition coefficient (Wildman–Crippen LogP) is 4.65. The molecule has 0 amide bonds. The van der Waals surface area contributed by atoms with Crippen molar-refractivity contribution in [2.75, 3.05) is 5.75 Å². The van der Waals surface area contributed by atoms with Gasteiger partial charge in [0.05, 0.1) is 22.8 Å². The minimum absolute atomic E-state index is 0. The molecular formula is C13H16Cl2N2S2. The van der Waals surface area contributed by atoms with Crippen molar-refractivity contribution in [3.63, 3.8) is 0 Å². The fourth-order valence-corrected chi connectivity index (χ4v) is 3.87. The topological polar surface area (TPSA) is 25.8 Å². The highest BCUT2D eigenvalue weighted by Crippen LogP contribution is 2.26. The number of thioether (sulfide) groups is 1. The summed E-state index contributed by atoms with van der Waals surface area (Å²) in [6, 6.07) is 2.07. The average Bonchev–Trinajstić information content (AvgIpc) is 2.77. The van der Waals surface area contributed by atoms with E-state index >= 15 is 0 Å². The van der Waals surface area contributed by atoms with E-state index in [0.29, 0.717) is 5.88 Å². The van der Waals surface area contributed by atoms with Crippen LogP contribution in [0.5, 0.6) is 0 Å². The molecule has 19 heavy (non-hydrogen) atoms. The van der Waals surface area contributed by atoms with Crippen LogP contribution in [0.1, 0.15) is 21.8 Å². The van der Waals surface area contributed by atoms with Crippen LogP contribution in [0, 0.1) is 13.8 Å². The average molecular weight is 335 g/mol. The lowest BCUT2D eigenvalue weighted by atomic mass is 10.2. The first kappa shape index (κ1) is 16.8. The molecule has 0 radical (unpaired) electrons. The molecule has 0 fully saturated rings. The molecule has 0 N–H and O–H groups in total. The SMILES string of the molecule is Cc1ncsc1CCSc1ccnc(CCl)c1C.Cl. The van der Waals surface area contributed by atoms with Gasteiger partial charge < -0.3 is 0 Å². The van der Waals surface area contributed by atoms with Crippen LogP contribution < -0.4 is 0 Å². The Morgan fingerprint density at radius 1 is 1.32 bits per heavy atom. The number of pyridine rings is 1. The van der Waals surface area contributed by atoms with Gasteiger partial charge in [-0.3, -0.25) is 4.98 Å². The highest BCUT2D eigenvalue weighted by Gasteiger charge is 2.06. The second-order valence-electron chi connectivity index (χ2n) is 3.97. The van der Waals surface area contributed by atoms with E-state index in [9.17, 15) is 0 Å². The van der Waals surface area contributed by atoms with E-state index < -0.39 is 0 Å². The lowest BCUT2D eigenvalue weighted by Gasteiger charge is -2.07. The summed E-state index contributed by atoms with van der Waals surface area (Å²) in [6.07, 6.45) is 2.91. The third-order valence-corrected chi connectivity index (χ3v) is 5.23. The summed E-state index contributed by atoms with van der Waals surface area (Å²) in [4.78, 5) is 11.2. The van der Waals surface area contributed by atoms with Gasteiger partial charge in [-0.25, -0.2) is 4.98 Å². The molecule has 104 valence electrons. The maximum absolute atomic E-state index is 5.86. The van der Waals surface area contributed by atoms with Gasteiger partial charge in [-0.15, -0.1) is 47.1 Å². The quantitative estimate of drug-likeness (QED) is 0.587. The monoisotopic (exact) mass is 334 g/mol. The van der Waals surface area contributed by atoms with Crippen molar-refractivity contribution in [2.45, 2.75) is 31.0 Å². The molecule has 2 heterocycles. The molecule has 0 aromatic carbocycles. The molecule has 2 aromatic rings. The number of nitrogens with zero attached hydrogens (tertiary/aromatic N) is 2. The third-order valence-electron chi connectivity index (χ3n) is 2.82. The molecule has 2 nitrogen and oxygen atoms in total. The Balaban J connectivity index is 0.00000180. The summed E-state index contributed by atoms with van der Waals surface area (Å²) in [5.74, 6) is 1.55. The van der Waals surface area contributed by atoms with Crippen LogP contribution in [0.25, 0.3) is 0 Å². The number of rotatable bonds is 5. The number of aromatic nitrogens is 2. The van der Waals surface area contributed by atoms with Crippen LogP contribution in [0.3, 0.4) is 0 Å². The van der Waals surface area contributed by atoms with Crippen LogP contribution in [-0.4, -0.2) is 15.7 Å². The summed E-state index contributed by atoms with van der Waals surface area (Å²) >= 11 is 9.46. The minimum atomic E-state index is 0. The van der Waals surface area contributed by atoms with Crippen molar-refractivity contribution in [1.29, 1.82) is 0 Å². The molecule has 6 heteroatoms. The van der Waals surface area contributed by atoms with Crippen molar-refractivity contribution < 1.29 is 0 Å². The molecule has 0 spiro atoms. The second-order valence-corrected chi connectivity index (χ2v) is 6.32. The van der Waals surface area contributed by atoms with Crippen LogP contribution in [-0.2, 0) is 12.3 Å². The maximum Gasteiger partial charge on any atom is 0.0797 e. The number of aryl methyl sites for hydroxylation is 2. The molecule has 0 aliphatic heterocycles. The van der Waals surface area contributed by atoms with Crippen LogP contribution >= 0.6 is 47.1 Å². The van der Waals surface area contributed by atoms with Gasteiger partial charge in [-0.1, -0.05) is 0 Å². The molecule has 2 rings (SSSR count). The highest BCUT2D eigenvalue weighted by molar-refractivity contribution is 7.99. The van der Waals surface area contributed by atoms with Crippen LogP contribution in [0.15, 0.2) is 22.7 Å².